The van der Waals surface area contributed by atoms with E-state index in [-0.39, 0.29) is 11.9 Å². The number of amides is 1. The number of methoxy groups -OCH3 is 2. The molecule has 1 aromatic heterocycles. The summed E-state index contributed by atoms with van der Waals surface area (Å²) in [7, 11) is 3.18. The van der Waals surface area contributed by atoms with Crippen LogP contribution < -0.4 is 14.8 Å². The van der Waals surface area contributed by atoms with Crippen LogP contribution in [0.15, 0.2) is 42.5 Å². The zero-order valence-corrected chi connectivity index (χ0v) is 15.7. The number of rotatable bonds is 6. The molecule has 2 aromatic carbocycles. The third-order valence-corrected chi connectivity index (χ3v) is 4.60. The molecule has 0 aliphatic carbocycles. The van der Waals surface area contributed by atoms with Crippen molar-refractivity contribution in [2.75, 3.05) is 14.2 Å². The molecule has 136 valence electrons. The van der Waals surface area contributed by atoms with E-state index in [1.54, 1.807) is 26.4 Å². The van der Waals surface area contributed by atoms with E-state index in [0.29, 0.717) is 22.2 Å². The molecular weight excluding hydrogens is 352 g/mol. The number of aromatic nitrogens is 1. The number of H-pyrrole nitrogens is 1. The Morgan fingerprint density at radius 2 is 1.88 bits per heavy atom. The average Bonchev–Trinajstić information content (AvgIpc) is 3.10. The highest BCUT2D eigenvalue weighted by atomic mass is 35.5. The molecule has 1 amide bonds. The minimum absolute atomic E-state index is 0.0948. The summed E-state index contributed by atoms with van der Waals surface area (Å²) in [6, 6.07) is 12.8. The Morgan fingerprint density at radius 1 is 1.15 bits per heavy atom. The van der Waals surface area contributed by atoms with Crippen molar-refractivity contribution in [2.45, 2.75) is 19.4 Å². The van der Waals surface area contributed by atoms with E-state index in [4.69, 9.17) is 21.1 Å². The summed E-state index contributed by atoms with van der Waals surface area (Å²) in [6.07, 6.45) is 0.769. The zero-order valence-electron chi connectivity index (χ0n) is 14.9. The van der Waals surface area contributed by atoms with E-state index in [1.807, 2.05) is 37.3 Å². The first kappa shape index (κ1) is 18.1. The van der Waals surface area contributed by atoms with Gasteiger partial charge in [-0.25, -0.2) is 0 Å². The summed E-state index contributed by atoms with van der Waals surface area (Å²) in [6.45, 7) is 2.03. The van der Waals surface area contributed by atoms with Crippen molar-refractivity contribution in [1.82, 2.24) is 10.3 Å². The highest BCUT2D eigenvalue weighted by molar-refractivity contribution is 6.30. The lowest BCUT2D eigenvalue weighted by Gasteiger charge is -2.17. The quantitative estimate of drug-likeness (QED) is 0.658. The van der Waals surface area contributed by atoms with Crippen LogP contribution in [0.1, 0.15) is 35.4 Å². The summed E-state index contributed by atoms with van der Waals surface area (Å²) >= 11 is 5.95. The fourth-order valence-corrected chi connectivity index (χ4v) is 3.06. The van der Waals surface area contributed by atoms with Crippen molar-refractivity contribution in [2.24, 2.45) is 0 Å². The number of hydrogen-bond acceptors (Lipinski definition) is 3. The monoisotopic (exact) mass is 372 g/mol. The molecule has 6 heteroatoms. The molecule has 1 unspecified atom stereocenters. The Morgan fingerprint density at radius 3 is 2.50 bits per heavy atom. The number of carbonyl (C=O) groups excluding carboxylic acids is 1. The predicted octanol–water partition coefficient (Wildman–Crippen LogP) is 4.72. The number of ether oxygens (including phenoxy) is 2. The average molecular weight is 373 g/mol. The molecule has 0 radical (unpaired) electrons. The number of carbonyl (C=O) groups is 1. The number of hydrogen-bond donors (Lipinski definition) is 2. The predicted molar refractivity (Wildman–Crippen MR) is 103 cm³/mol. The normalized spacial score (nSPS) is 12.0. The van der Waals surface area contributed by atoms with Crippen LogP contribution in [0.2, 0.25) is 5.02 Å². The molecule has 0 bridgehead atoms. The van der Waals surface area contributed by atoms with E-state index in [2.05, 4.69) is 10.3 Å². The number of halogens is 1. The van der Waals surface area contributed by atoms with Gasteiger partial charge < -0.3 is 19.8 Å². The van der Waals surface area contributed by atoms with Gasteiger partial charge in [-0.15, -0.1) is 0 Å². The first-order valence-electron chi connectivity index (χ1n) is 8.36. The maximum Gasteiger partial charge on any atom is 0.268 e. The molecule has 0 aliphatic heterocycles. The molecule has 0 saturated heterocycles. The van der Waals surface area contributed by atoms with Gasteiger partial charge >= 0.3 is 0 Å². The highest BCUT2D eigenvalue weighted by Gasteiger charge is 2.17. The SMILES string of the molecule is CCC(NC(=O)c1cc2cc(OC)cc(OC)c2[nH]1)c1ccc(Cl)cc1. The molecule has 3 aromatic rings. The van der Waals surface area contributed by atoms with Gasteiger partial charge in [0.05, 0.1) is 25.8 Å². The van der Waals surface area contributed by atoms with Gasteiger partial charge in [-0.2, -0.15) is 0 Å². The lowest BCUT2D eigenvalue weighted by atomic mass is 10.0. The van der Waals surface area contributed by atoms with Gasteiger partial charge in [0.1, 0.15) is 17.2 Å². The molecule has 0 fully saturated rings. The van der Waals surface area contributed by atoms with Crippen LogP contribution in [0.4, 0.5) is 0 Å². The maximum atomic E-state index is 12.7. The van der Waals surface area contributed by atoms with Gasteiger partial charge in [-0.05, 0) is 36.2 Å². The Labute approximate surface area is 157 Å². The molecule has 0 saturated carbocycles. The summed E-state index contributed by atoms with van der Waals surface area (Å²) in [4.78, 5) is 15.9. The van der Waals surface area contributed by atoms with Gasteiger partial charge in [0, 0.05) is 16.5 Å². The largest absolute Gasteiger partial charge is 0.497 e. The Hall–Kier alpha value is -2.66. The summed E-state index contributed by atoms with van der Waals surface area (Å²) in [5.74, 6) is 1.13. The lowest BCUT2D eigenvalue weighted by Crippen LogP contribution is -2.28. The molecule has 5 nitrogen and oxygen atoms in total. The Kier molecular flexibility index (Phi) is 5.38. The van der Waals surface area contributed by atoms with E-state index >= 15 is 0 Å². The Balaban J connectivity index is 1.88. The molecule has 1 atom stereocenters. The standard InChI is InChI=1S/C20H21ClN2O3/c1-4-16(12-5-7-14(21)8-6-12)23-20(24)17-10-13-9-15(25-2)11-18(26-3)19(13)22-17/h5-11,16,22H,4H2,1-3H3,(H,23,24). The van der Waals surface area contributed by atoms with Crippen molar-refractivity contribution in [1.29, 1.82) is 0 Å². The van der Waals surface area contributed by atoms with Crippen LogP contribution in [0.3, 0.4) is 0 Å². The molecule has 0 spiro atoms. The second kappa shape index (κ2) is 7.70. The summed E-state index contributed by atoms with van der Waals surface area (Å²) in [5.41, 5.74) is 2.25. The highest BCUT2D eigenvalue weighted by Crippen LogP contribution is 2.31. The number of benzene rings is 2. The van der Waals surface area contributed by atoms with Crippen molar-refractivity contribution in [3.05, 3.63) is 58.7 Å². The van der Waals surface area contributed by atoms with Gasteiger partial charge in [0.15, 0.2) is 0 Å². The molecule has 26 heavy (non-hydrogen) atoms. The molecule has 2 N–H and O–H groups in total. The van der Waals surface area contributed by atoms with Crippen molar-refractivity contribution >= 4 is 28.4 Å². The second-order valence-electron chi connectivity index (χ2n) is 5.96. The van der Waals surface area contributed by atoms with Crippen molar-refractivity contribution < 1.29 is 14.3 Å². The third kappa shape index (κ3) is 3.63. The van der Waals surface area contributed by atoms with E-state index in [0.717, 1.165) is 22.9 Å². The van der Waals surface area contributed by atoms with Gasteiger partial charge in [-0.3, -0.25) is 4.79 Å². The fourth-order valence-electron chi connectivity index (χ4n) is 2.94. The Bertz CT molecular complexity index is 919. The van der Waals surface area contributed by atoms with Crippen LogP contribution >= 0.6 is 11.6 Å². The summed E-state index contributed by atoms with van der Waals surface area (Å²) in [5, 5.41) is 4.59. The molecule has 1 heterocycles. The minimum atomic E-state index is -0.177. The van der Waals surface area contributed by atoms with Gasteiger partial charge in [-0.1, -0.05) is 30.7 Å². The van der Waals surface area contributed by atoms with Gasteiger partial charge in [0.2, 0.25) is 0 Å². The maximum absolute atomic E-state index is 12.7. The smallest absolute Gasteiger partial charge is 0.268 e. The second-order valence-corrected chi connectivity index (χ2v) is 6.40. The number of nitrogens with one attached hydrogen (secondary N) is 2. The topological polar surface area (TPSA) is 63.4 Å². The molecule has 0 aliphatic rings. The van der Waals surface area contributed by atoms with Crippen LogP contribution in [0, 0.1) is 0 Å². The minimum Gasteiger partial charge on any atom is -0.497 e. The van der Waals surface area contributed by atoms with Crippen molar-refractivity contribution in [3.63, 3.8) is 0 Å². The van der Waals surface area contributed by atoms with Crippen molar-refractivity contribution in [3.8, 4) is 11.5 Å². The molecular formula is C20H21ClN2O3. The zero-order chi connectivity index (χ0) is 18.7. The van der Waals surface area contributed by atoms with Crippen LogP contribution in [0.25, 0.3) is 10.9 Å². The van der Waals surface area contributed by atoms with Gasteiger partial charge in [0.25, 0.3) is 5.91 Å². The molecule has 3 rings (SSSR count). The van der Waals surface area contributed by atoms with Crippen LogP contribution in [-0.4, -0.2) is 25.1 Å². The van der Waals surface area contributed by atoms with Crippen LogP contribution in [0.5, 0.6) is 11.5 Å². The van der Waals surface area contributed by atoms with E-state index < -0.39 is 0 Å². The first-order valence-corrected chi connectivity index (χ1v) is 8.74. The van der Waals surface area contributed by atoms with E-state index in [9.17, 15) is 4.79 Å². The third-order valence-electron chi connectivity index (χ3n) is 4.35. The van der Waals surface area contributed by atoms with E-state index in [1.165, 1.54) is 0 Å². The fraction of sp³-hybridized carbons (Fsp3) is 0.250. The first-order chi connectivity index (χ1) is 12.5. The number of aromatic amines is 1. The lowest BCUT2D eigenvalue weighted by molar-refractivity contribution is 0.0931. The summed E-state index contributed by atoms with van der Waals surface area (Å²) < 4.78 is 10.7. The number of fused-ring (bicyclic) bond motifs is 1. The van der Waals surface area contributed by atoms with Crippen LogP contribution in [-0.2, 0) is 0 Å².